The lowest BCUT2D eigenvalue weighted by Gasteiger charge is -2.10. The van der Waals surface area contributed by atoms with Crippen molar-refractivity contribution < 1.29 is 9.90 Å². The van der Waals surface area contributed by atoms with Gasteiger partial charge in [-0.2, -0.15) is 0 Å². The average Bonchev–Trinajstić information content (AvgIpc) is 2.18. The zero-order valence-electron chi connectivity index (χ0n) is 9.32. The molecule has 0 aliphatic carbocycles. The molecule has 0 saturated carbocycles. The fourth-order valence-electron chi connectivity index (χ4n) is 1.16. The maximum Gasteiger partial charge on any atom is 0.226 e. The third-order valence-corrected chi connectivity index (χ3v) is 2.16. The van der Waals surface area contributed by atoms with E-state index in [0.717, 1.165) is 11.3 Å². The highest BCUT2D eigenvalue weighted by atomic mass is 16.3. The van der Waals surface area contributed by atoms with E-state index >= 15 is 0 Å². The van der Waals surface area contributed by atoms with Gasteiger partial charge >= 0.3 is 0 Å². The van der Waals surface area contributed by atoms with Crippen LogP contribution in [0.5, 0.6) is 0 Å². The zero-order chi connectivity index (χ0) is 11.4. The number of aliphatic hydroxyl groups is 1. The number of benzene rings is 1. The van der Waals surface area contributed by atoms with Gasteiger partial charge in [-0.05, 0) is 24.6 Å². The summed E-state index contributed by atoms with van der Waals surface area (Å²) in [5.41, 5.74) is 1.53. The molecule has 3 nitrogen and oxygen atoms in total. The Morgan fingerprint density at radius 3 is 2.53 bits per heavy atom. The van der Waals surface area contributed by atoms with Gasteiger partial charge in [0.15, 0.2) is 0 Å². The quantitative estimate of drug-likeness (QED) is 0.799. The molecule has 0 aromatic heterocycles. The van der Waals surface area contributed by atoms with E-state index in [-0.39, 0.29) is 11.8 Å². The number of carbonyl (C=O) groups excluding carboxylic acids is 1. The van der Waals surface area contributed by atoms with E-state index in [4.69, 9.17) is 0 Å². The molecule has 0 fully saturated rings. The fraction of sp³-hybridized carbons (Fsp3) is 0.417. The van der Waals surface area contributed by atoms with E-state index in [1.807, 2.05) is 32.0 Å². The molecule has 15 heavy (non-hydrogen) atoms. The van der Waals surface area contributed by atoms with Crippen LogP contribution in [-0.4, -0.2) is 11.0 Å². The Bertz CT molecular complexity index is 345. The minimum absolute atomic E-state index is 0.0160. The van der Waals surface area contributed by atoms with Crippen LogP contribution in [0.3, 0.4) is 0 Å². The molecule has 1 amide bonds. The Morgan fingerprint density at radius 2 is 2.00 bits per heavy atom. The van der Waals surface area contributed by atoms with Gasteiger partial charge in [0, 0.05) is 11.6 Å². The Morgan fingerprint density at radius 1 is 1.33 bits per heavy atom. The van der Waals surface area contributed by atoms with Gasteiger partial charge < -0.3 is 10.4 Å². The zero-order valence-corrected chi connectivity index (χ0v) is 9.32. The van der Waals surface area contributed by atoms with Crippen molar-refractivity contribution in [2.24, 2.45) is 5.92 Å². The minimum Gasteiger partial charge on any atom is -0.389 e. The standard InChI is InChI=1S/C12H17NO2/c1-8(2)12(15)13-11-6-4-5-10(7-11)9(3)14/h4-9,14H,1-3H3,(H,13,15)/t9-/m1/s1. The predicted molar refractivity (Wildman–Crippen MR) is 60.5 cm³/mol. The highest BCUT2D eigenvalue weighted by Gasteiger charge is 2.08. The molecule has 1 aromatic rings. The molecule has 2 N–H and O–H groups in total. The van der Waals surface area contributed by atoms with Crippen LogP contribution < -0.4 is 5.32 Å². The minimum atomic E-state index is -0.513. The fourth-order valence-corrected chi connectivity index (χ4v) is 1.16. The molecule has 1 rings (SSSR count). The number of nitrogens with one attached hydrogen (secondary N) is 1. The van der Waals surface area contributed by atoms with Gasteiger partial charge in [0.25, 0.3) is 0 Å². The molecule has 1 atom stereocenters. The van der Waals surface area contributed by atoms with Gasteiger partial charge in [0.05, 0.1) is 6.10 Å². The summed E-state index contributed by atoms with van der Waals surface area (Å²) in [6.07, 6.45) is -0.513. The van der Waals surface area contributed by atoms with Gasteiger partial charge in [-0.1, -0.05) is 26.0 Å². The molecule has 0 spiro atoms. The largest absolute Gasteiger partial charge is 0.389 e. The van der Waals surface area contributed by atoms with Crippen molar-refractivity contribution in [2.45, 2.75) is 26.9 Å². The summed E-state index contributed by atoms with van der Waals surface area (Å²) in [7, 11) is 0. The first kappa shape index (κ1) is 11.7. The second-order valence-corrected chi connectivity index (χ2v) is 3.95. The number of amides is 1. The molecular weight excluding hydrogens is 190 g/mol. The number of carbonyl (C=O) groups is 1. The van der Waals surface area contributed by atoms with Crippen LogP contribution in [0.4, 0.5) is 5.69 Å². The Hall–Kier alpha value is -1.35. The summed E-state index contributed by atoms with van der Waals surface area (Å²) >= 11 is 0. The van der Waals surface area contributed by atoms with Gasteiger partial charge in [-0.15, -0.1) is 0 Å². The van der Waals surface area contributed by atoms with Crippen molar-refractivity contribution >= 4 is 11.6 Å². The van der Waals surface area contributed by atoms with E-state index in [2.05, 4.69) is 5.32 Å². The van der Waals surface area contributed by atoms with Crippen LogP contribution in [0.25, 0.3) is 0 Å². The van der Waals surface area contributed by atoms with Crippen LogP contribution >= 0.6 is 0 Å². The number of anilines is 1. The molecule has 0 radical (unpaired) electrons. The molecule has 0 bridgehead atoms. The maximum atomic E-state index is 11.4. The Kier molecular flexibility index (Phi) is 3.86. The van der Waals surface area contributed by atoms with Gasteiger partial charge in [0.2, 0.25) is 5.91 Å². The maximum absolute atomic E-state index is 11.4. The van der Waals surface area contributed by atoms with Crippen LogP contribution in [0.1, 0.15) is 32.4 Å². The SMILES string of the molecule is CC(C)C(=O)Nc1cccc([C@@H](C)O)c1. The lowest BCUT2D eigenvalue weighted by Crippen LogP contribution is -2.17. The summed E-state index contributed by atoms with van der Waals surface area (Å²) in [5, 5.41) is 12.2. The van der Waals surface area contributed by atoms with E-state index < -0.39 is 6.10 Å². The van der Waals surface area contributed by atoms with Crippen LogP contribution in [-0.2, 0) is 4.79 Å². The topological polar surface area (TPSA) is 49.3 Å². The molecule has 0 aliphatic heterocycles. The first-order valence-electron chi connectivity index (χ1n) is 5.09. The molecule has 0 unspecified atom stereocenters. The van der Waals surface area contributed by atoms with E-state index in [9.17, 15) is 9.90 Å². The predicted octanol–water partition coefficient (Wildman–Crippen LogP) is 2.33. The van der Waals surface area contributed by atoms with Crippen molar-refractivity contribution in [1.29, 1.82) is 0 Å². The Balaban J connectivity index is 2.78. The molecule has 0 heterocycles. The first-order valence-corrected chi connectivity index (χ1v) is 5.09. The Labute approximate surface area is 90.1 Å². The van der Waals surface area contributed by atoms with E-state index in [1.165, 1.54) is 0 Å². The number of aliphatic hydroxyl groups excluding tert-OH is 1. The van der Waals surface area contributed by atoms with Crippen LogP contribution in [0.2, 0.25) is 0 Å². The lowest BCUT2D eigenvalue weighted by atomic mass is 10.1. The summed E-state index contributed by atoms with van der Waals surface area (Å²) < 4.78 is 0. The second-order valence-electron chi connectivity index (χ2n) is 3.95. The smallest absolute Gasteiger partial charge is 0.226 e. The lowest BCUT2D eigenvalue weighted by molar-refractivity contribution is -0.118. The first-order chi connectivity index (χ1) is 7.00. The van der Waals surface area contributed by atoms with Crippen molar-refractivity contribution in [3.8, 4) is 0 Å². The number of hydrogen-bond donors (Lipinski definition) is 2. The summed E-state index contributed by atoms with van der Waals surface area (Å²) in [5.74, 6) is -0.0575. The van der Waals surface area contributed by atoms with Crippen molar-refractivity contribution in [3.63, 3.8) is 0 Å². The third-order valence-electron chi connectivity index (χ3n) is 2.16. The summed E-state index contributed by atoms with van der Waals surface area (Å²) in [6, 6.07) is 7.24. The summed E-state index contributed by atoms with van der Waals surface area (Å²) in [4.78, 5) is 11.4. The normalized spacial score (nSPS) is 12.6. The highest BCUT2D eigenvalue weighted by molar-refractivity contribution is 5.92. The molecule has 0 saturated heterocycles. The van der Waals surface area contributed by atoms with Crippen molar-refractivity contribution in [2.75, 3.05) is 5.32 Å². The van der Waals surface area contributed by atoms with Crippen molar-refractivity contribution in [1.82, 2.24) is 0 Å². The third kappa shape index (κ3) is 3.36. The van der Waals surface area contributed by atoms with E-state index in [1.54, 1.807) is 13.0 Å². The molecule has 1 aromatic carbocycles. The number of hydrogen-bond acceptors (Lipinski definition) is 2. The average molecular weight is 207 g/mol. The van der Waals surface area contributed by atoms with E-state index in [0.29, 0.717) is 0 Å². The monoisotopic (exact) mass is 207 g/mol. The molecular formula is C12H17NO2. The van der Waals surface area contributed by atoms with Gasteiger partial charge in [0.1, 0.15) is 0 Å². The number of rotatable bonds is 3. The van der Waals surface area contributed by atoms with Crippen molar-refractivity contribution in [3.05, 3.63) is 29.8 Å². The van der Waals surface area contributed by atoms with Crippen LogP contribution in [0, 0.1) is 5.92 Å². The highest BCUT2D eigenvalue weighted by Crippen LogP contribution is 2.17. The molecule has 0 aliphatic rings. The summed E-state index contributed by atoms with van der Waals surface area (Å²) in [6.45, 7) is 5.38. The molecule has 82 valence electrons. The van der Waals surface area contributed by atoms with Crippen LogP contribution in [0.15, 0.2) is 24.3 Å². The second kappa shape index (κ2) is 4.94. The van der Waals surface area contributed by atoms with Gasteiger partial charge in [-0.25, -0.2) is 0 Å². The molecule has 3 heteroatoms. The van der Waals surface area contributed by atoms with Gasteiger partial charge in [-0.3, -0.25) is 4.79 Å².